The average Bonchev–Trinajstić information content (AvgIpc) is 3.66. The number of aliphatic hydroxyl groups is 1. The van der Waals surface area contributed by atoms with Gasteiger partial charge in [-0.2, -0.15) is 0 Å². The number of thiazole rings is 1. The van der Waals surface area contributed by atoms with Gasteiger partial charge in [-0.05, 0) is 55.9 Å². The number of nitrogens with one attached hydrogen (secondary N) is 2. The van der Waals surface area contributed by atoms with E-state index < -0.39 is 24.1 Å². The maximum Gasteiger partial charge on any atom is 0.254 e. The first-order valence-corrected chi connectivity index (χ1v) is 16.0. The number of aliphatic hydroxyl groups excluding tert-OH is 1. The number of aromatic nitrogens is 1. The summed E-state index contributed by atoms with van der Waals surface area (Å²) in [5, 5.41) is 20.7. The van der Waals surface area contributed by atoms with Crippen molar-refractivity contribution < 1.29 is 19.5 Å². The highest BCUT2D eigenvalue weighted by Crippen LogP contribution is 2.34. The fraction of sp³-hybridized carbons (Fsp3) is 0.455. The van der Waals surface area contributed by atoms with Gasteiger partial charge in [0.25, 0.3) is 11.8 Å². The van der Waals surface area contributed by atoms with Gasteiger partial charge in [0.1, 0.15) is 11.0 Å². The lowest BCUT2D eigenvalue weighted by Crippen LogP contribution is -2.64. The zero-order valence-corrected chi connectivity index (χ0v) is 25.8. The van der Waals surface area contributed by atoms with E-state index in [4.69, 9.17) is 0 Å². The van der Waals surface area contributed by atoms with Crippen molar-refractivity contribution in [1.29, 1.82) is 0 Å². The number of benzene rings is 2. The molecule has 4 atom stereocenters. The molecule has 0 radical (unpaired) electrons. The van der Waals surface area contributed by atoms with Crippen LogP contribution in [0, 0.1) is 12.8 Å². The molecular weight excluding hydrogens is 562 g/mol. The van der Waals surface area contributed by atoms with Crippen molar-refractivity contribution in [1.82, 2.24) is 25.4 Å². The number of piperazine rings is 1. The number of rotatable bonds is 10. The molecular formula is C33H41N5O4S. The molecule has 0 spiro atoms. The molecule has 3 amide bonds. The molecule has 0 aliphatic carbocycles. The first kappa shape index (κ1) is 30.8. The van der Waals surface area contributed by atoms with E-state index in [1.165, 1.54) is 0 Å². The van der Waals surface area contributed by atoms with Crippen molar-refractivity contribution in [2.45, 2.75) is 64.3 Å². The van der Waals surface area contributed by atoms with Gasteiger partial charge in [-0.25, -0.2) is 4.98 Å². The van der Waals surface area contributed by atoms with Gasteiger partial charge in [0, 0.05) is 48.4 Å². The van der Waals surface area contributed by atoms with Gasteiger partial charge in [0.05, 0.1) is 18.2 Å². The van der Waals surface area contributed by atoms with Crippen LogP contribution in [0.15, 0.2) is 60.0 Å². The van der Waals surface area contributed by atoms with E-state index in [0.29, 0.717) is 49.6 Å². The fourth-order valence-electron chi connectivity index (χ4n) is 6.00. The standard InChI is InChI=1S/C33H41N5O4S/c1-21(2)19-37-16-14-34-28(33(37)42)29(39)26(17-23-9-5-4-6-10-23)36-30(40)24-11-7-12-25(18-24)32(41)38-15-8-13-27(38)31-35-22(3)20-43-31/h4-7,9-12,18,20-21,26-29,34,39H,8,13-17,19H2,1-3H3,(H,36,40)/t26-,27+,28-,29-/m0/s1. The topological polar surface area (TPSA) is 115 Å². The minimum Gasteiger partial charge on any atom is -0.389 e. The second-order valence-corrected chi connectivity index (χ2v) is 12.8. The normalized spacial score (nSPS) is 20.3. The second kappa shape index (κ2) is 13.8. The van der Waals surface area contributed by atoms with Crippen molar-refractivity contribution in [2.75, 3.05) is 26.2 Å². The zero-order valence-electron chi connectivity index (χ0n) is 25.0. The van der Waals surface area contributed by atoms with E-state index in [1.807, 2.05) is 47.5 Å². The quantitative estimate of drug-likeness (QED) is 0.326. The summed E-state index contributed by atoms with van der Waals surface area (Å²) < 4.78 is 0. The molecule has 228 valence electrons. The van der Waals surface area contributed by atoms with Crippen molar-refractivity contribution in [3.05, 3.63) is 87.4 Å². The number of nitrogens with zero attached hydrogens (tertiary/aromatic N) is 3. The Labute approximate surface area is 257 Å². The first-order valence-electron chi connectivity index (χ1n) is 15.1. The monoisotopic (exact) mass is 603 g/mol. The van der Waals surface area contributed by atoms with E-state index in [0.717, 1.165) is 29.1 Å². The first-order chi connectivity index (χ1) is 20.7. The third-order valence-electron chi connectivity index (χ3n) is 8.09. The van der Waals surface area contributed by atoms with Gasteiger partial charge in [-0.1, -0.05) is 50.2 Å². The van der Waals surface area contributed by atoms with Crippen LogP contribution < -0.4 is 10.6 Å². The smallest absolute Gasteiger partial charge is 0.254 e. The van der Waals surface area contributed by atoms with E-state index in [9.17, 15) is 19.5 Å². The third kappa shape index (κ3) is 7.31. The Balaban J connectivity index is 1.34. The molecule has 3 N–H and O–H groups in total. The Morgan fingerprint density at radius 2 is 1.88 bits per heavy atom. The lowest BCUT2D eigenvalue weighted by atomic mass is 9.93. The zero-order chi connectivity index (χ0) is 30.5. The van der Waals surface area contributed by atoms with Crippen molar-refractivity contribution in [2.24, 2.45) is 5.92 Å². The van der Waals surface area contributed by atoms with Crippen LogP contribution >= 0.6 is 11.3 Å². The number of carbonyl (C=O) groups excluding carboxylic acids is 3. The second-order valence-electron chi connectivity index (χ2n) is 11.9. The maximum atomic E-state index is 13.6. The summed E-state index contributed by atoms with van der Waals surface area (Å²) in [6, 6.07) is 14.7. The summed E-state index contributed by atoms with van der Waals surface area (Å²) in [6.45, 7) is 8.46. The predicted octanol–water partition coefficient (Wildman–Crippen LogP) is 3.59. The SMILES string of the molecule is Cc1csc([C@H]2CCCN2C(=O)c2cccc(C(=O)N[C@@H](Cc3ccccc3)[C@H](O)[C@@H]3NCCN(CC(C)C)C3=O)c2)n1. The van der Waals surface area contributed by atoms with E-state index in [1.54, 1.807) is 40.5 Å². The number of aryl methyl sites for hydroxylation is 1. The maximum absolute atomic E-state index is 13.6. The number of carbonyl (C=O) groups is 3. The number of likely N-dealkylation sites (tertiary alicyclic amines) is 1. The van der Waals surface area contributed by atoms with Gasteiger partial charge in [-0.3, -0.25) is 14.4 Å². The summed E-state index contributed by atoms with van der Waals surface area (Å²) in [5.74, 6) is -0.405. The number of amides is 3. The van der Waals surface area contributed by atoms with Gasteiger partial charge >= 0.3 is 0 Å². The number of hydrogen-bond acceptors (Lipinski definition) is 7. The van der Waals surface area contributed by atoms with Crippen LogP contribution in [0.5, 0.6) is 0 Å². The highest BCUT2D eigenvalue weighted by Gasteiger charge is 2.39. The third-order valence-corrected chi connectivity index (χ3v) is 9.15. The molecule has 5 rings (SSSR count). The molecule has 10 heteroatoms. The van der Waals surface area contributed by atoms with Gasteiger partial charge in [-0.15, -0.1) is 11.3 Å². The van der Waals surface area contributed by atoms with Crippen molar-refractivity contribution in [3.8, 4) is 0 Å². The Morgan fingerprint density at radius 3 is 2.60 bits per heavy atom. The largest absolute Gasteiger partial charge is 0.389 e. The highest BCUT2D eigenvalue weighted by molar-refractivity contribution is 7.09. The summed E-state index contributed by atoms with van der Waals surface area (Å²) in [6.07, 6.45) is 0.936. The minimum absolute atomic E-state index is 0.0649. The van der Waals surface area contributed by atoms with Gasteiger partial charge in [0.2, 0.25) is 5.91 Å². The molecule has 9 nitrogen and oxygen atoms in total. The van der Waals surface area contributed by atoms with Crippen LogP contribution in [0.3, 0.4) is 0 Å². The van der Waals surface area contributed by atoms with Crippen LogP contribution in [0.2, 0.25) is 0 Å². The molecule has 2 aromatic carbocycles. The molecule has 2 aliphatic rings. The molecule has 43 heavy (non-hydrogen) atoms. The van der Waals surface area contributed by atoms with Gasteiger partial charge < -0.3 is 25.5 Å². The predicted molar refractivity (Wildman–Crippen MR) is 167 cm³/mol. The average molecular weight is 604 g/mol. The molecule has 2 saturated heterocycles. The number of hydrogen-bond donors (Lipinski definition) is 3. The molecule has 0 unspecified atom stereocenters. The highest BCUT2D eigenvalue weighted by atomic mass is 32.1. The molecule has 3 aromatic rings. The van der Waals surface area contributed by atoms with E-state index in [-0.39, 0.29) is 17.9 Å². The molecule has 1 aromatic heterocycles. The Morgan fingerprint density at radius 1 is 1.12 bits per heavy atom. The summed E-state index contributed by atoms with van der Waals surface area (Å²) in [5.41, 5.74) is 2.63. The van der Waals surface area contributed by atoms with Crippen molar-refractivity contribution >= 4 is 29.1 Å². The summed E-state index contributed by atoms with van der Waals surface area (Å²) in [4.78, 5) is 48.8. The van der Waals surface area contributed by atoms with E-state index in [2.05, 4.69) is 29.5 Å². The lowest BCUT2D eigenvalue weighted by Gasteiger charge is -2.38. The Bertz CT molecular complexity index is 1430. The minimum atomic E-state index is -1.16. The van der Waals surface area contributed by atoms with Crippen LogP contribution in [0.1, 0.15) is 69.7 Å². The van der Waals surface area contributed by atoms with Crippen LogP contribution in [-0.4, -0.2) is 82.0 Å². The Hall–Kier alpha value is -3.60. The van der Waals surface area contributed by atoms with E-state index >= 15 is 0 Å². The molecule has 3 heterocycles. The van der Waals surface area contributed by atoms with Crippen molar-refractivity contribution in [3.63, 3.8) is 0 Å². The van der Waals surface area contributed by atoms with Gasteiger partial charge in [0.15, 0.2) is 0 Å². The Kier molecular flexibility index (Phi) is 9.90. The molecule has 0 bridgehead atoms. The molecule has 2 fully saturated rings. The lowest BCUT2D eigenvalue weighted by molar-refractivity contribution is -0.140. The fourth-order valence-corrected chi connectivity index (χ4v) is 6.94. The summed E-state index contributed by atoms with van der Waals surface area (Å²) in [7, 11) is 0. The molecule has 0 saturated carbocycles. The molecule has 2 aliphatic heterocycles. The van der Waals surface area contributed by atoms with Crippen LogP contribution in [-0.2, 0) is 11.2 Å². The van der Waals surface area contributed by atoms with Crippen LogP contribution in [0.4, 0.5) is 0 Å². The van der Waals surface area contributed by atoms with Crippen LogP contribution in [0.25, 0.3) is 0 Å². The summed E-state index contributed by atoms with van der Waals surface area (Å²) >= 11 is 1.57.